The van der Waals surface area contributed by atoms with Gasteiger partial charge in [0.25, 0.3) is 0 Å². The van der Waals surface area contributed by atoms with Gasteiger partial charge in [-0.2, -0.15) is 0 Å². The van der Waals surface area contributed by atoms with Crippen LogP contribution in [-0.4, -0.2) is 43.6 Å². The molecule has 8 heteroatoms. The summed E-state index contributed by atoms with van der Waals surface area (Å²) in [5.41, 5.74) is 0.532. The van der Waals surface area contributed by atoms with Gasteiger partial charge in [0.1, 0.15) is 0 Å². The first-order chi connectivity index (χ1) is 11.7. The first-order valence-corrected chi connectivity index (χ1v) is 10.4. The van der Waals surface area contributed by atoms with E-state index in [2.05, 4.69) is 17.2 Å². The maximum Gasteiger partial charge on any atom is 0.246 e. The summed E-state index contributed by atoms with van der Waals surface area (Å²) in [5, 5.41) is 5.24. The number of hydrogen-bond acceptors (Lipinski definition) is 5. The van der Waals surface area contributed by atoms with Crippen LogP contribution in [0.2, 0.25) is 0 Å². The summed E-state index contributed by atoms with van der Waals surface area (Å²) in [6.07, 6.45) is 8.60. The molecule has 2 N–H and O–H groups in total. The van der Waals surface area contributed by atoms with Gasteiger partial charge >= 0.3 is 0 Å². The largest absolute Gasteiger partial charge is 0.748 e. The first kappa shape index (κ1) is 23.6. The van der Waals surface area contributed by atoms with Gasteiger partial charge in [-0.05, 0) is 19.8 Å². The minimum absolute atomic E-state index is 0.0845. The standard InChI is InChI=1S/C17H32N2O5S/c1-15(2)17(21)19-12-10-8-6-4-3-5-7-9-11-16(20)18-13-14-25(22,23)24/h1,3-14H2,2H3,(H,18,20)(H,19,21)(H,22,23,24)/p-1. The Morgan fingerprint density at radius 3 is 1.92 bits per heavy atom. The van der Waals surface area contributed by atoms with Crippen molar-refractivity contribution < 1.29 is 22.6 Å². The quantitative estimate of drug-likeness (QED) is 0.257. The summed E-state index contributed by atoms with van der Waals surface area (Å²) < 4.78 is 31.2. The highest BCUT2D eigenvalue weighted by molar-refractivity contribution is 7.85. The van der Waals surface area contributed by atoms with E-state index in [0.29, 0.717) is 18.5 Å². The molecule has 0 aliphatic rings. The number of amides is 2. The van der Waals surface area contributed by atoms with Gasteiger partial charge in [0, 0.05) is 25.1 Å². The molecule has 0 heterocycles. The Kier molecular flexibility index (Phi) is 13.1. The van der Waals surface area contributed by atoms with Crippen LogP contribution >= 0.6 is 0 Å². The molecule has 0 radical (unpaired) electrons. The molecule has 0 fully saturated rings. The van der Waals surface area contributed by atoms with Gasteiger partial charge in [0.05, 0.1) is 15.9 Å². The lowest BCUT2D eigenvalue weighted by Crippen LogP contribution is -2.28. The van der Waals surface area contributed by atoms with Gasteiger partial charge in [0.2, 0.25) is 11.8 Å². The van der Waals surface area contributed by atoms with Gasteiger partial charge in [0.15, 0.2) is 0 Å². The average Bonchev–Trinajstić information content (AvgIpc) is 2.50. The fraction of sp³-hybridized carbons (Fsp3) is 0.765. The fourth-order valence-electron chi connectivity index (χ4n) is 2.23. The smallest absolute Gasteiger partial charge is 0.246 e. The van der Waals surface area contributed by atoms with Gasteiger partial charge < -0.3 is 15.2 Å². The van der Waals surface area contributed by atoms with E-state index in [1.165, 1.54) is 0 Å². The Morgan fingerprint density at radius 1 is 0.880 bits per heavy atom. The molecule has 25 heavy (non-hydrogen) atoms. The molecule has 146 valence electrons. The molecule has 0 unspecified atom stereocenters. The fourth-order valence-corrected chi connectivity index (χ4v) is 2.58. The molecule has 0 aliphatic carbocycles. The molecule has 0 rings (SSSR count). The number of hydrogen-bond donors (Lipinski definition) is 2. The van der Waals surface area contributed by atoms with Gasteiger partial charge in [-0.25, -0.2) is 8.42 Å². The maximum atomic E-state index is 11.4. The lowest BCUT2D eigenvalue weighted by Gasteiger charge is -2.08. The Morgan fingerprint density at radius 2 is 1.40 bits per heavy atom. The SMILES string of the molecule is C=C(C)C(=O)NCCCCCCCCCCC(=O)NCCS(=O)(=O)[O-]. The third kappa shape index (κ3) is 17.2. The molecule has 0 aliphatic heterocycles. The van der Waals surface area contributed by atoms with Crippen molar-refractivity contribution in [2.75, 3.05) is 18.8 Å². The molecular weight excluding hydrogens is 344 g/mol. The Bertz CT molecular complexity index is 517. The van der Waals surface area contributed by atoms with E-state index in [4.69, 9.17) is 0 Å². The lowest BCUT2D eigenvalue weighted by atomic mass is 10.1. The first-order valence-electron chi connectivity index (χ1n) is 8.86. The van der Waals surface area contributed by atoms with Crippen molar-refractivity contribution in [2.45, 2.75) is 64.7 Å². The molecule has 0 saturated carbocycles. The second-order valence-electron chi connectivity index (χ2n) is 6.23. The van der Waals surface area contributed by atoms with Gasteiger partial charge in [-0.15, -0.1) is 0 Å². The molecule has 2 amide bonds. The number of carbonyl (C=O) groups is 2. The molecule has 0 aromatic heterocycles. The molecule has 0 atom stereocenters. The van der Waals surface area contributed by atoms with Crippen molar-refractivity contribution >= 4 is 21.9 Å². The predicted molar refractivity (Wildman–Crippen MR) is 97.0 cm³/mol. The zero-order valence-electron chi connectivity index (χ0n) is 15.1. The highest BCUT2D eigenvalue weighted by Gasteiger charge is 2.02. The average molecular weight is 376 g/mol. The summed E-state index contributed by atoms with van der Waals surface area (Å²) in [6.45, 7) is 5.85. The van der Waals surface area contributed by atoms with Crippen LogP contribution in [0.1, 0.15) is 64.7 Å². The number of rotatable bonds is 15. The van der Waals surface area contributed by atoms with Crippen LogP contribution < -0.4 is 10.6 Å². The van der Waals surface area contributed by atoms with Crippen LogP contribution in [0.5, 0.6) is 0 Å². The highest BCUT2D eigenvalue weighted by atomic mass is 32.2. The van der Waals surface area contributed by atoms with Crippen LogP contribution in [0.25, 0.3) is 0 Å². The lowest BCUT2D eigenvalue weighted by molar-refractivity contribution is -0.121. The van der Waals surface area contributed by atoms with E-state index >= 15 is 0 Å². The van der Waals surface area contributed by atoms with Gasteiger partial charge in [-0.3, -0.25) is 9.59 Å². The summed E-state index contributed by atoms with van der Waals surface area (Å²) in [7, 11) is -4.26. The van der Waals surface area contributed by atoms with E-state index < -0.39 is 15.9 Å². The Hall–Kier alpha value is -1.41. The van der Waals surface area contributed by atoms with Crippen LogP contribution in [0, 0.1) is 0 Å². The second-order valence-corrected chi connectivity index (χ2v) is 7.75. The summed E-state index contributed by atoms with van der Waals surface area (Å²) >= 11 is 0. The molecule has 0 spiro atoms. The van der Waals surface area contributed by atoms with E-state index in [1.807, 2.05) is 0 Å². The van der Waals surface area contributed by atoms with Crippen LogP contribution in [0.4, 0.5) is 0 Å². The van der Waals surface area contributed by atoms with Crippen molar-refractivity contribution in [1.29, 1.82) is 0 Å². The third-order valence-electron chi connectivity index (χ3n) is 3.68. The van der Waals surface area contributed by atoms with E-state index in [9.17, 15) is 22.6 Å². The van der Waals surface area contributed by atoms with Crippen molar-refractivity contribution in [2.24, 2.45) is 0 Å². The Labute approximate surface area is 151 Å². The monoisotopic (exact) mass is 375 g/mol. The van der Waals surface area contributed by atoms with Crippen molar-refractivity contribution in [1.82, 2.24) is 10.6 Å². The number of unbranched alkanes of at least 4 members (excludes halogenated alkanes) is 7. The molecule has 0 bridgehead atoms. The topological polar surface area (TPSA) is 115 Å². The summed E-state index contributed by atoms with van der Waals surface area (Å²) in [6, 6.07) is 0. The van der Waals surface area contributed by atoms with Crippen molar-refractivity contribution in [3.8, 4) is 0 Å². The minimum Gasteiger partial charge on any atom is -0.748 e. The normalized spacial score (nSPS) is 11.1. The van der Waals surface area contributed by atoms with Crippen molar-refractivity contribution in [3.63, 3.8) is 0 Å². The predicted octanol–water partition coefficient (Wildman–Crippen LogP) is 1.85. The molecule has 7 nitrogen and oxygen atoms in total. The van der Waals surface area contributed by atoms with E-state index in [1.54, 1.807) is 6.92 Å². The second kappa shape index (κ2) is 13.8. The number of carbonyl (C=O) groups excluding carboxylic acids is 2. The highest BCUT2D eigenvalue weighted by Crippen LogP contribution is 2.09. The minimum atomic E-state index is -4.26. The molecule has 0 aromatic rings. The molecule has 0 saturated heterocycles. The summed E-state index contributed by atoms with van der Waals surface area (Å²) in [4.78, 5) is 22.7. The number of nitrogens with one attached hydrogen (secondary N) is 2. The molecule has 0 aromatic carbocycles. The maximum absolute atomic E-state index is 11.4. The van der Waals surface area contributed by atoms with E-state index in [-0.39, 0.29) is 18.4 Å². The molecular formula is C17H31N2O5S-. The van der Waals surface area contributed by atoms with Gasteiger partial charge in [-0.1, -0.05) is 45.1 Å². The zero-order valence-corrected chi connectivity index (χ0v) is 16.0. The Balaban J connectivity index is 3.32. The van der Waals surface area contributed by atoms with E-state index in [0.717, 1.165) is 51.4 Å². The van der Waals surface area contributed by atoms with Crippen LogP contribution in [0.15, 0.2) is 12.2 Å². The van der Waals surface area contributed by atoms with Crippen LogP contribution in [0.3, 0.4) is 0 Å². The van der Waals surface area contributed by atoms with Crippen LogP contribution in [-0.2, 0) is 19.7 Å². The zero-order chi connectivity index (χ0) is 19.1. The third-order valence-corrected chi connectivity index (χ3v) is 4.38. The van der Waals surface area contributed by atoms with Crippen molar-refractivity contribution in [3.05, 3.63) is 12.2 Å². The summed E-state index contributed by atoms with van der Waals surface area (Å²) in [5.74, 6) is -0.852.